The van der Waals surface area contributed by atoms with Crippen LogP contribution in [-0.4, -0.2) is 17.0 Å². The summed E-state index contributed by atoms with van der Waals surface area (Å²) in [7, 11) is 0. The molecule has 0 bridgehead atoms. The molecular weight excluding hydrogens is 300 g/mol. The highest BCUT2D eigenvalue weighted by atomic mass is 16.3. The molecule has 0 aliphatic carbocycles. The van der Waals surface area contributed by atoms with Crippen molar-refractivity contribution in [3.8, 4) is 0 Å². The lowest BCUT2D eigenvalue weighted by atomic mass is 10.2. The third kappa shape index (κ3) is 2.78. The van der Waals surface area contributed by atoms with Crippen LogP contribution < -0.4 is 5.32 Å². The molecule has 0 radical (unpaired) electrons. The molecule has 0 atom stereocenters. The summed E-state index contributed by atoms with van der Waals surface area (Å²) in [5.41, 5.74) is 1.96. The Balaban J connectivity index is 1.34. The summed E-state index contributed by atoms with van der Waals surface area (Å²) in [6.45, 7) is 1.48. The molecule has 4 nitrogen and oxygen atoms in total. The Labute approximate surface area is 139 Å². The average molecular weight is 318 g/mol. The summed E-state index contributed by atoms with van der Waals surface area (Å²) >= 11 is 0. The van der Waals surface area contributed by atoms with E-state index in [0.717, 1.165) is 23.9 Å². The number of aryl methyl sites for hydroxylation is 1. The first-order valence-corrected chi connectivity index (χ1v) is 8.12. The third-order valence-corrected chi connectivity index (χ3v) is 4.19. The molecule has 0 saturated carbocycles. The van der Waals surface area contributed by atoms with Crippen LogP contribution >= 0.6 is 0 Å². The molecule has 2 aromatic heterocycles. The Morgan fingerprint density at radius 2 is 1.79 bits per heavy atom. The highest BCUT2D eigenvalue weighted by Gasteiger charge is 2.11. The molecule has 2 heterocycles. The average Bonchev–Trinajstić information content (AvgIpc) is 3.23. The van der Waals surface area contributed by atoms with Crippen LogP contribution in [0.3, 0.4) is 0 Å². The van der Waals surface area contributed by atoms with E-state index in [9.17, 15) is 4.79 Å². The van der Waals surface area contributed by atoms with Crippen LogP contribution in [0.2, 0.25) is 0 Å². The first-order valence-electron chi connectivity index (χ1n) is 8.12. The molecule has 1 amide bonds. The summed E-state index contributed by atoms with van der Waals surface area (Å²) in [6.07, 6.45) is 2.95. The molecule has 120 valence electrons. The van der Waals surface area contributed by atoms with Crippen LogP contribution in [0.15, 0.2) is 71.3 Å². The number of furan rings is 1. The van der Waals surface area contributed by atoms with Gasteiger partial charge in [0.25, 0.3) is 5.91 Å². The van der Waals surface area contributed by atoms with Gasteiger partial charge in [0.05, 0.1) is 0 Å². The van der Waals surface area contributed by atoms with Crippen molar-refractivity contribution in [1.29, 1.82) is 0 Å². The van der Waals surface area contributed by atoms with Crippen molar-refractivity contribution in [2.24, 2.45) is 0 Å². The Kier molecular flexibility index (Phi) is 3.79. The van der Waals surface area contributed by atoms with Gasteiger partial charge in [-0.15, -0.1) is 0 Å². The van der Waals surface area contributed by atoms with Crippen molar-refractivity contribution in [2.75, 3.05) is 6.54 Å². The van der Waals surface area contributed by atoms with E-state index in [-0.39, 0.29) is 5.91 Å². The van der Waals surface area contributed by atoms with E-state index in [4.69, 9.17) is 4.42 Å². The maximum Gasteiger partial charge on any atom is 0.287 e. The normalized spacial score (nSPS) is 11.2. The number of aromatic nitrogens is 1. The number of hydrogen-bond acceptors (Lipinski definition) is 2. The van der Waals surface area contributed by atoms with Gasteiger partial charge in [-0.05, 0) is 36.1 Å². The van der Waals surface area contributed by atoms with Crippen LogP contribution in [0.4, 0.5) is 0 Å². The smallest absolute Gasteiger partial charge is 0.287 e. The number of carbonyl (C=O) groups excluding carboxylic acids is 1. The topological polar surface area (TPSA) is 47.2 Å². The Bertz CT molecular complexity index is 964. The van der Waals surface area contributed by atoms with Crippen LogP contribution in [0.25, 0.3) is 21.9 Å². The first kappa shape index (κ1) is 14.6. The third-order valence-electron chi connectivity index (χ3n) is 4.19. The second-order valence-electron chi connectivity index (χ2n) is 5.83. The highest BCUT2D eigenvalue weighted by molar-refractivity contribution is 5.96. The number of para-hydroxylation sites is 2. The number of benzene rings is 2. The zero-order valence-corrected chi connectivity index (χ0v) is 13.2. The summed E-state index contributed by atoms with van der Waals surface area (Å²) in [5, 5.41) is 5.11. The monoisotopic (exact) mass is 318 g/mol. The van der Waals surface area contributed by atoms with Crippen LogP contribution in [0.5, 0.6) is 0 Å². The number of nitrogens with zero attached hydrogens (tertiary/aromatic N) is 1. The molecule has 1 N–H and O–H groups in total. The first-order chi connectivity index (χ1) is 11.8. The fourth-order valence-electron chi connectivity index (χ4n) is 2.97. The van der Waals surface area contributed by atoms with E-state index in [0.29, 0.717) is 12.3 Å². The quantitative estimate of drug-likeness (QED) is 0.560. The van der Waals surface area contributed by atoms with Gasteiger partial charge in [-0.1, -0.05) is 36.4 Å². The lowest BCUT2D eigenvalue weighted by Crippen LogP contribution is -2.24. The van der Waals surface area contributed by atoms with Gasteiger partial charge in [-0.2, -0.15) is 0 Å². The zero-order valence-electron chi connectivity index (χ0n) is 13.2. The molecule has 0 saturated heterocycles. The van der Waals surface area contributed by atoms with E-state index < -0.39 is 0 Å². The maximum absolute atomic E-state index is 12.2. The number of rotatable bonds is 5. The second-order valence-corrected chi connectivity index (χ2v) is 5.83. The van der Waals surface area contributed by atoms with Gasteiger partial charge in [0.2, 0.25) is 0 Å². The summed E-state index contributed by atoms with van der Waals surface area (Å²) in [4.78, 5) is 12.2. The Morgan fingerprint density at radius 3 is 2.67 bits per heavy atom. The number of hydrogen-bond donors (Lipinski definition) is 1. The SMILES string of the molecule is O=C(NCCCn1ccc2ccccc21)c1cc2ccccc2o1. The molecule has 4 aromatic rings. The second kappa shape index (κ2) is 6.24. The minimum Gasteiger partial charge on any atom is -0.451 e. The van der Waals surface area contributed by atoms with Crippen molar-refractivity contribution < 1.29 is 9.21 Å². The fourth-order valence-corrected chi connectivity index (χ4v) is 2.97. The summed E-state index contributed by atoms with van der Waals surface area (Å²) < 4.78 is 7.78. The van der Waals surface area contributed by atoms with Gasteiger partial charge >= 0.3 is 0 Å². The standard InChI is InChI=1S/C20H18N2O2/c23-20(19-14-16-7-2-4-9-18(16)24-19)21-11-5-12-22-13-10-15-6-1-3-8-17(15)22/h1-4,6-10,13-14H,5,11-12H2,(H,21,23). The van der Waals surface area contributed by atoms with E-state index in [1.165, 1.54) is 10.9 Å². The van der Waals surface area contributed by atoms with Gasteiger partial charge in [-0.25, -0.2) is 0 Å². The largest absolute Gasteiger partial charge is 0.451 e. The number of carbonyl (C=O) groups is 1. The highest BCUT2D eigenvalue weighted by Crippen LogP contribution is 2.18. The van der Waals surface area contributed by atoms with Crippen molar-refractivity contribution >= 4 is 27.8 Å². The van der Waals surface area contributed by atoms with Crippen molar-refractivity contribution in [3.63, 3.8) is 0 Å². The van der Waals surface area contributed by atoms with Crippen molar-refractivity contribution in [2.45, 2.75) is 13.0 Å². The lowest BCUT2D eigenvalue weighted by Gasteiger charge is -2.06. The van der Waals surface area contributed by atoms with Crippen LogP contribution in [0, 0.1) is 0 Å². The van der Waals surface area contributed by atoms with Gasteiger partial charge in [-0.3, -0.25) is 4.79 Å². The zero-order chi connectivity index (χ0) is 16.4. The van der Waals surface area contributed by atoms with E-state index >= 15 is 0 Å². The Morgan fingerprint density at radius 1 is 1.00 bits per heavy atom. The minimum atomic E-state index is -0.163. The fraction of sp³-hybridized carbons (Fsp3) is 0.150. The molecule has 0 fully saturated rings. The molecule has 0 aliphatic heterocycles. The molecule has 0 aliphatic rings. The lowest BCUT2D eigenvalue weighted by molar-refractivity contribution is 0.0927. The molecule has 24 heavy (non-hydrogen) atoms. The van der Waals surface area contributed by atoms with E-state index in [2.05, 4.69) is 34.3 Å². The van der Waals surface area contributed by atoms with Gasteiger partial charge in [0.15, 0.2) is 5.76 Å². The molecule has 2 aromatic carbocycles. The molecule has 0 unspecified atom stereocenters. The number of amides is 1. The summed E-state index contributed by atoms with van der Waals surface area (Å²) in [5.74, 6) is 0.200. The molecular formula is C20H18N2O2. The van der Waals surface area contributed by atoms with Gasteiger partial charge in [0.1, 0.15) is 5.58 Å². The number of nitrogens with one attached hydrogen (secondary N) is 1. The van der Waals surface area contributed by atoms with E-state index in [1.807, 2.05) is 36.4 Å². The molecule has 4 heteroatoms. The van der Waals surface area contributed by atoms with Gasteiger partial charge < -0.3 is 14.3 Å². The molecule has 0 spiro atoms. The number of fused-ring (bicyclic) bond motifs is 2. The maximum atomic E-state index is 12.2. The predicted octanol–water partition coefficient (Wildman–Crippen LogP) is 4.21. The van der Waals surface area contributed by atoms with Gasteiger partial charge in [0, 0.05) is 30.2 Å². The Hall–Kier alpha value is -3.01. The summed E-state index contributed by atoms with van der Waals surface area (Å²) in [6, 6.07) is 19.8. The van der Waals surface area contributed by atoms with Crippen LogP contribution in [-0.2, 0) is 6.54 Å². The van der Waals surface area contributed by atoms with Crippen molar-refractivity contribution in [1.82, 2.24) is 9.88 Å². The van der Waals surface area contributed by atoms with Crippen LogP contribution in [0.1, 0.15) is 17.0 Å². The minimum absolute atomic E-state index is 0.163. The molecule has 4 rings (SSSR count). The van der Waals surface area contributed by atoms with E-state index in [1.54, 1.807) is 6.07 Å². The predicted molar refractivity (Wildman–Crippen MR) is 95.1 cm³/mol. The van der Waals surface area contributed by atoms with Crippen molar-refractivity contribution in [3.05, 3.63) is 72.6 Å².